The van der Waals surface area contributed by atoms with E-state index in [1.165, 1.54) is 5.57 Å². The molecule has 1 saturated heterocycles. The number of amides is 2. The number of rotatable bonds is 4. The average molecular weight is 435 g/mol. The molecule has 32 heavy (non-hydrogen) atoms. The van der Waals surface area contributed by atoms with Gasteiger partial charge in [-0.2, -0.15) is 5.10 Å². The second-order valence-corrected chi connectivity index (χ2v) is 8.31. The Morgan fingerprint density at radius 2 is 1.97 bits per heavy atom. The van der Waals surface area contributed by atoms with E-state index in [1.54, 1.807) is 12.3 Å². The largest absolute Gasteiger partial charge is 0.378 e. The molecule has 9 nitrogen and oxygen atoms in total. The van der Waals surface area contributed by atoms with E-state index in [0.717, 1.165) is 34.4 Å². The average Bonchev–Trinajstić information content (AvgIpc) is 3.45. The predicted molar refractivity (Wildman–Crippen MR) is 119 cm³/mol. The van der Waals surface area contributed by atoms with Gasteiger partial charge < -0.3 is 19.5 Å². The molecule has 1 fully saturated rings. The fraction of sp³-hybridized carbons (Fsp3) is 0.391. The number of ether oxygens (including phenoxy) is 1. The molecule has 0 spiro atoms. The maximum absolute atomic E-state index is 12.7. The SMILES string of the molecule is Cc1cc(C(=O)Cc2cnc3[nH]c(C4=CCN(C(=O)N5CCOCC5)CC4)cc3c2)n[nH]1. The normalized spacial score (nSPS) is 17.0. The van der Waals surface area contributed by atoms with E-state index < -0.39 is 0 Å². The number of nitrogens with one attached hydrogen (secondary N) is 2. The van der Waals surface area contributed by atoms with Gasteiger partial charge in [0.1, 0.15) is 11.3 Å². The molecular weight excluding hydrogens is 408 g/mol. The Balaban J connectivity index is 1.27. The number of hydrogen-bond acceptors (Lipinski definition) is 5. The molecule has 0 bridgehead atoms. The van der Waals surface area contributed by atoms with E-state index >= 15 is 0 Å². The van der Waals surface area contributed by atoms with Gasteiger partial charge in [0.2, 0.25) is 0 Å². The van der Waals surface area contributed by atoms with Gasteiger partial charge in [0.25, 0.3) is 0 Å². The van der Waals surface area contributed by atoms with Gasteiger partial charge in [0.05, 0.1) is 13.2 Å². The van der Waals surface area contributed by atoms with E-state index in [-0.39, 0.29) is 18.2 Å². The maximum Gasteiger partial charge on any atom is 0.320 e. The van der Waals surface area contributed by atoms with Crippen LogP contribution in [0.2, 0.25) is 0 Å². The van der Waals surface area contributed by atoms with Gasteiger partial charge in [-0.1, -0.05) is 6.08 Å². The summed E-state index contributed by atoms with van der Waals surface area (Å²) in [5.41, 5.74) is 5.15. The van der Waals surface area contributed by atoms with Crippen molar-refractivity contribution in [1.29, 1.82) is 0 Å². The molecule has 0 saturated carbocycles. The molecule has 0 aromatic carbocycles. The smallest absolute Gasteiger partial charge is 0.320 e. The Bertz CT molecular complexity index is 1190. The molecule has 5 rings (SSSR count). The topological polar surface area (TPSA) is 107 Å². The molecule has 0 radical (unpaired) electrons. The van der Waals surface area contributed by atoms with Crippen LogP contribution in [0.1, 0.15) is 33.9 Å². The molecule has 2 N–H and O–H groups in total. The summed E-state index contributed by atoms with van der Waals surface area (Å²) in [4.78, 5) is 36.8. The molecule has 3 aromatic heterocycles. The lowest BCUT2D eigenvalue weighted by molar-refractivity contribution is 0.0441. The maximum atomic E-state index is 12.7. The van der Waals surface area contributed by atoms with E-state index in [1.807, 2.05) is 22.8 Å². The highest BCUT2D eigenvalue weighted by Crippen LogP contribution is 2.26. The first-order valence-electron chi connectivity index (χ1n) is 10.9. The molecule has 2 amide bonds. The fourth-order valence-corrected chi connectivity index (χ4v) is 4.21. The molecule has 3 aromatic rings. The number of H-pyrrole nitrogens is 2. The van der Waals surface area contributed by atoms with Crippen LogP contribution in [-0.2, 0) is 11.2 Å². The first-order chi connectivity index (χ1) is 15.6. The van der Waals surface area contributed by atoms with Crippen molar-refractivity contribution < 1.29 is 14.3 Å². The number of aryl methyl sites for hydroxylation is 1. The minimum atomic E-state index is -0.0359. The van der Waals surface area contributed by atoms with Crippen molar-refractivity contribution in [3.63, 3.8) is 0 Å². The summed E-state index contributed by atoms with van der Waals surface area (Å²) in [6.07, 6.45) is 4.89. The number of nitrogens with zero attached hydrogens (tertiary/aromatic N) is 4. The fourth-order valence-electron chi connectivity index (χ4n) is 4.21. The van der Waals surface area contributed by atoms with Crippen LogP contribution >= 0.6 is 0 Å². The lowest BCUT2D eigenvalue weighted by atomic mass is 10.0. The minimum Gasteiger partial charge on any atom is -0.378 e. The molecular formula is C23H26N6O3. The number of ketones is 1. The van der Waals surface area contributed by atoms with Crippen molar-refractivity contribution in [2.24, 2.45) is 0 Å². The third kappa shape index (κ3) is 4.16. The number of fused-ring (bicyclic) bond motifs is 1. The lowest BCUT2D eigenvalue weighted by Crippen LogP contribution is -2.49. The Morgan fingerprint density at radius 1 is 1.12 bits per heavy atom. The molecule has 2 aliphatic heterocycles. The summed E-state index contributed by atoms with van der Waals surface area (Å²) in [5, 5.41) is 7.81. The lowest BCUT2D eigenvalue weighted by Gasteiger charge is -2.34. The molecule has 5 heterocycles. The van der Waals surface area contributed by atoms with E-state index in [2.05, 4.69) is 32.3 Å². The minimum absolute atomic E-state index is 0.0359. The van der Waals surface area contributed by atoms with Gasteiger partial charge in [-0.3, -0.25) is 9.89 Å². The van der Waals surface area contributed by atoms with Crippen molar-refractivity contribution in [2.75, 3.05) is 39.4 Å². The third-order valence-corrected chi connectivity index (χ3v) is 5.99. The second kappa shape index (κ2) is 8.58. The van der Waals surface area contributed by atoms with E-state index in [4.69, 9.17) is 4.74 Å². The summed E-state index contributed by atoms with van der Waals surface area (Å²) < 4.78 is 5.34. The Labute approximate surface area is 185 Å². The van der Waals surface area contributed by atoms with Crippen molar-refractivity contribution in [3.05, 3.63) is 53.1 Å². The molecule has 9 heteroatoms. The highest BCUT2D eigenvalue weighted by atomic mass is 16.5. The number of aromatic amines is 2. The Hall–Kier alpha value is -3.46. The first kappa shape index (κ1) is 20.4. The number of Topliss-reactive ketones (excluding diaryl/α,β-unsaturated/α-hetero) is 1. The van der Waals surface area contributed by atoms with Gasteiger partial charge in [0, 0.05) is 55.6 Å². The van der Waals surface area contributed by atoms with Crippen LogP contribution in [0.4, 0.5) is 4.79 Å². The van der Waals surface area contributed by atoms with Crippen molar-refractivity contribution in [2.45, 2.75) is 19.8 Å². The van der Waals surface area contributed by atoms with Gasteiger partial charge in [-0.05, 0) is 42.7 Å². The summed E-state index contributed by atoms with van der Waals surface area (Å²) in [6.45, 7) is 5.69. The van der Waals surface area contributed by atoms with Crippen molar-refractivity contribution >= 4 is 28.4 Å². The number of carbonyl (C=O) groups is 2. The summed E-state index contributed by atoms with van der Waals surface area (Å²) >= 11 is 0. The summed E-state index contributed by atoms with van der Waals surface area (Å²) in [7, 11) is 0. The van der Waals surface area contributed by atoms with E-state index in [0.29, 0.717) is 45.1 Å². The number of aromatic nitrogens is 4. The van der Waals surface area contributed by atoms with Crippen molar-refractivity contribution in [1.82, 2.24) is 30.0 Å². The molecule has 0 aliphatic carbocycles. The molecule has 0 unspecified atom stereocenters. The highest BCUT2D eigenvalue weighted by molar-refractivity contribution is 5.96. The zero-order chi connectivity index (χ0) is 22.1. The number of morpholine rings is 1. The van der Waals surface area contributed by atoms with Crippen LogP contribution in [0.25, 0.3) is 16.6 Å². The van der Waals surface area contributed by atoms with Crippen LogP contribution in [0.5, 0.6) is 0 Å². The zero-order valence-corrected chi connectivity index (χ0v) is 18.1. The van der Waals surface area contributed by atoms with Crippen LogP contribution < -0.4 is 0 Å². The molecule has 0 atom stereocenters. The second-order valence-electron chi connectivity index (χ2n) is 8.31. The van der Waals surface area contributed by atoms with Gasteiger partial charge in [-0.15, -0.1) is 0 Å². The predicted octanol–water partition coefficient (Wildman–Crippen LogP) is 2.56. The molecule has 166 valence electrons. The van der Waals surface area contributed by atoms with Gasteiger partial charge in [-0.25, -0.2) is 9.78 Å². The van der Waals surface area contributed by atoms with Gasteiger partial charge in [0.15, 0.2) is 5.78 Å². The molecule has 2 aliphatic rings. The van der Waals surface area contributed by atoms with Gasteiger partial charge >= 0.3 is 6.03 Å². The summed E-state index contributed by atoms with van der Waals surface area (Å²) in [6, 6.07) is 5.91. The van der Waals surface area contributed by atoms with E-state index in [9.17, 15) is 9.59 Å². The third-order valence-electron chi connectivity index (χ3n) is 5.99. The van der Waals surface area contributed by atoms with Crippen molar-refractivity contribution in [3.8, 4) is 0 Å². The zero-order valence-electron chi connectivity index (χ0n) is 18.1. The van der Waals surface area contributed by atoms with Crippen LogP contribution in [0.15, 0.2) is 30.5 Å². The number of pyridine rings is 1. The Morgan fingerprint density at radius 3 is 2.69 bits per heavy atom. The standard InChI is InChI=1S/C23H26N6O3/c1-15-10-20(27-26-15)21(30)12-16-11-18-13-19(25-22(18)24-14-16)17-2-4-28(5-3-17)23(31)29-6-8-32-9-7-29/h2,10-11,13-14H,3-9,12H2,1H3,(H,24,25)(H,26,27). The highest BCUT2D eigenvalue weighted by Gasteiger charge is 2.25. The monoisotopic (exact) mass is 434 g/mol. The summed E-state index contributed by atoms with van der Waals surface area (Å²) in [5.74, 6) is -0.0359. The quantitative estimate of drug-likeness (QED) is 0.614. The van der Waals surface area contributed by atoms with Crippen LogP contribution in [-0.4, -0.2) is 81.2 Å². The first-order valence-corrected chi connectivity index (χ1v) is 10.9. The number of carbonyl (C=O) groups excluding carboxylic acids is 2. The Kier molecular flexibility index (Phi) is 5.48. The van der Waals surface area contributed by atoms with Crippen LogP contribution in [0, 0.1) is 6.92 Å². The number of hydrogen-bond donors (Lipinski definition) is 2. The van der Waals surface area contributed by atoms with Crippen LogP contribution in [0.3, 0.4) is 0 Å². The number of urea groups is 1.